The second-order valence-electron chi connectivity index (χ2n) is 8.77. The lowest BCUT2D eigenvalue weighted by Gasteiger charge is -2.24. The third-order valence-corrected chi connectivity index (χ3v) is 8.15. The lowest BCUT2D eigenvalue weighted by molar-refractivity contribution is 0.432. The molecule has 1 aliphatic rings. The summed E-state index contributed by atoms with van der Waals surface area (Å²) >= 11 is 0. The molecule has 5 aromatic rings. The van der Waals surface area contributed by atoms with Crippen molar-refractivity contribution in [2.75, 3.05) is 4.31 Å². The van der Waals surface area contributed by atoms with E-state index in [0.717, 1.165) is 22.6 Å². The van der Waals surface area contributed by atoms with E-state index in [2.05, 4.69) is 20.2 Å². The van der Waals surface area contributed by atoms with Gasteiger partial charge in [0.25, 0.3) is 15.9 Å². The summed E-state index contributed by atoms with van der Waals surface area (Å²) in [4.78, 5) is 9.26. The van der Waals surface area contributed by atoms with Gasteiger partial charge in [0, 0.05) is 23.0 Å². The van der Waals surface area contributed by atoms with E-state index in [4.69, 9.17) is 4.52 Å². The molecular weight excluding hydrogens is 464 g/mol. The molecule has 0 saturated carbocycles. The summed E-state index contributed by atoms with van der Waals surface area (Å²) in [5.74, 6) is 0.554. The molecule has 0 bridgehead atoms. The van der Waals surface area contributed by atoms with E-state index in [9.17, 15) is 8.42 Å². The first kappa shape index (κ1) is 21.5. The number of benzene rings is 2. The average molecular weight is 487 g/mol. The number of anilines is 1. The lowest BCUT2D eigenvalue weighted by atomic mass is 10.1. The third-order valence-electron chi connectivity index (χ3n) is 6.23. The van der Waals surface area contributed by atoms with E-state index >= 15 is 0 Å². The number of hydrogen-bond acceptors (Lipinski definition) is 7. The maximum Gasteiger partial charge on any atom is 0.264 e. The van der Waals surface area contributed by atoms with Gasteiger partial charge in [0.2, 0.25) is 5.82 Å². The summed E-state index contributed by atoms with van der Waals surface area (Å²) in [5, 5.41) is 8.50. The Balaban J connectivity index is 1.38. The molecule has 3 aromatic heterocycles. The Kier molecular flexibility index (Phi) is 4.75. The van der Waals surface area contributed by atoms with E-state index in [1.807, 2.05) is 51.1 Å². The Bertz CT molecular complexity index is 1710. The molecule has 6 rings (SSSR count). The van der Waals surface area contributed by atoms with Crippen molar-refractivity contribution < 1.29 is 12.9 Å². The molecule has 0 amide bonds. The van der Waals surface area contributed by atoms with Gasteiger partial charge in [-0.25, -0.2) is 17.9 Å². The highest BCUT2D eigenvalue weighted by molar-refractivity contribution is 7.92. The highest BCUT2D eigenvalue weighted by atomic mass is 32.2. The highest BCUT2D eigenvalue weighted by Gasteiger charge is 2.36. The molecule has 1 aliphatic heterocycles. The first-order valence-corrected chi connectivity index (χ1v) is 12.7. The number of nitrogens with zero attached hydrogens (tertiary/aromatic N) is 6. The second kappa shape index (κ2) is 7.74. The van der Waals surface area contributed by atoms with E-state index in [0.29, 0.717) is 29.0 Å². The monoisotopic (exact) mass is 486 g/mol. The van der Waals surface area contributed by atoms with Crippen LogP contribution in [0.5, 0.6) is 0 Å². The molecule has 0 radical (unpaired) electrons. The largest absolute Gasteiger partial charge is 0.334 e. The van der Waals surface area contributed by atoms with Crippen LogP contribution in [0.1, 0.15) is 23.9 Å². The van der Waals surface area contributed by atoms with Crippen molar-refractivity contribution in [2.24, 2.45) is 0 Å². The summed E-state index contributed by atoms with van der Waals surface area (Å²) in [6.07, 6.45) is 2.32. The van der Waals surface area contributed by atoms with E-state index in [1.165, 1.54) is 4.31 Å². The zero-order valence-electron chi connectivity index (χ0n) is 19.4. The molecule has 9 nitrogen and oxygen atoms in total. The smallest absolute Gasteiger partial charge is 0.264 e. The minimum atomic E-state index is -3.79. The molecule has 0 N–H and O–H groups in total. The quantitative estimate of drug-likeness (QED) is 0.375. The minimum Gasteiger partial charge on any atom is -0.334 e. The molecule has 0 aliphatic carbocycles. The van der Waals surface area contributed by atoms with Gasteiger partial charge in [-0.15, -0.1) is 0 Å². The van der Waals surface area contributed by atoms with Crippen molar-refractivity contribution in [2.45, 2.75) is 38.1 Å². The van der Waals surface area contributed by atoms with Crippen LogP contribution < -0.4 is 4.31 Å². The molecule has 10 heteroatoms. The Morgan fingerprint density at radius 1 is 1.03 bits per heavy atom. The summed E-state index contributed by atoms with van der Waals surface area (Å²) < 4.78 is 36.0. The summed E-state index contributed by atoms with van der Waals surface area (Å²) in [5.41, 5.74) is 5.33. The van der Waals surface area contributed by atoms with Crippen molar-refractivity contribution in [1.82, 2.24) is 24.7 Å². The number of aryl methyl sites for hydroxylation is 2. The van der Waals surface area contributed by atoms with Crippen LogP contribution in [-0.4, -0.2) is 39.2 Å². The Hall–Kier alpha value is -4.05. The van der Waals surface area contributed by atoms with Crippen molar-refractivity contribution in [3.05, 3.63) is 77.7 Å². The molecule has 2 aromatic carbocycles. The van der Waals surface area contributed by atoms with Crippen LogP contribution in [0.3, 0.4) is 0 Å². The first-order chi connectivity index (χ1) is 16.8. The maximum absolute atomic E-state index is 13.6. The van der Waals surface area contributed by atoms with Gasteiger partial charge >= 0.3 is 0 Å². The van der Waals surface area contributed by atoms with Crippen molar-refractivity contribution in [3.63, 3.8) is 0 Å². The first-order valence-electron chi connectivity index (χ1n) is 11.2. The Labute approximate surface area is 202 Å². The number of rotatable bonds is 4. The van der Waals surface area contributed by atoms with Crippen LogP contribution in [0, 0.1) is 13.8 Å². The summed E-state index contributed by atoms with van der Waals surface area (Å²) in [6, 6.07) is 16.0. The molecular formula is C25H22N6O3S. The third kappa shape index (κ3) is 3.40. The molecule has 1 unspecified atom stereocenters. The van der Waals surface area contributed by atoms with Gasteiger partial charge in [0.1, 0.15) is 0 Å². The number of para-hydroxylation sites is 1. The standard InChI is InChI=1S/C25H22N6O3S/c1-15-11-16(2)30-24(27-15)21(14-26-30)23-28-25(34-29-23)19-8-6-9-20(13-19)35(32,33)31-17(3)12-18-7-4-5-10-22(18)31/h4-11,13-14,17H,12H2,1-3H3. The molecule has 176 valence electrons. The summed E-state index contributed by atoms with van der Waals surface area (Å²) in [7, 11) is -3.79. The fraction of sp³-hybridized carbons (Fsp3) is 0.200. The van der Waals surface area contributed by atoms with Gasteiger partial charge in [-0.2, -0.15) is 10.1 Å². The second-order valence-corrected chi connectivity index (χ2v) is 10.6. The number of aromatic nitrogens is 5. The highest BCUT2D eigenvalue weighted by Crippen LogP contribution is 2.37. The van der Waals surface area contributed by atoms with Gasteiger partial charge in [0.15, 0.2) is 5.65 Å². The number of fused-ring (bicyclic) bond motifs is 2. The molecule has 0 fully saturated rings. The fourth-order valence-corrected chi connectivity index (χ4v) is 6.42. The van der Waals surface area contributed by atoms with Crippen molar-refractivity contribution in [1.29, 1.82) is 0 Å². The van der Waals surface area contributed by atoms with Gasteiger partial charge in [0.05, 0.1) is 22.3 Å². The summed E-state index contributed by atoms with van der Waals surface area (Å²) in [6.45, 7) is 5.78. The maximum atomic E-state index is 13.6. The van der Waals surface area contributed by atoms with Crippen LogP contribution >= 0.6 is 0 Å². The van der Waals surface area contributed by atoms with Crippen LogP contribution in [-0.2, 0) is 16.4 Å². The molecule has 0 spiro atoms. The Morgan fingerprint density at radius 3 is 2.71 bits per heavy atom. The molecule has 1 atom stereocenters. The fourth-order valence-electron chi connectivity index (χ4n) is 4.68. The predicted molar refractivity (Wildman–Crippen MR) is 130 cm³/mol. The zero-order valence-corrected chi connectivity index (χ0v) is 20.2. The predicted octanol–water partition coefficient (Wildman–Crippen LogP) is 4.20. The number of hydrogen-bond donors (Lipinski definition) is 0. The van der Waals surface area contributed by atoms with Crippen LogP contribution in [0.2, 0.25) is 0 Å². The van der Waals surface area contributed by atoms with Crippen molar-refractivity contribution >= 4 is 21.4 Å². The van der Waals surface area contributed by atoms with Crippen LogP contribution in [0.15, 0.2) is 70.2 Å². The zero-order chi connectivity index (χ0) is 24.3. The van der Waals surface area contributed by atoms with Crippen molar-refractivity contribution in [3.8, 4) is 22.8 Å². The Morgan fingerprint density at radius 2 is 1.86 bits per heavy atom. The van der Waals surface area contributed by atoms with Gasteiger partial charge in [-0.1, -0.05) is 29.4 Å². The average Bonchev–Trinajstić information content (AvgIpc) is 3.55. The molecule has 4 heterocycles. The van der Waals surface area contributed by atoms with Gasteiger partial charge < -0.3 is 4.52 Å². The van der Waals surface area contributed by atoms with E-state index in [1.54, 1.807) is 35.0 Å². The topological polar surface area (TPSA) is 106 Å². The number of sulfonamides is 1. The van der Waals surface area contributed by atoms with E-state index in [-0.39, 0.29) is 16.8 Å². The van der Waals surface area contributed by atoms with Crippen LogP contribution in [0.25, 0.3) is 28.5 Å². The SMILES string of the molecule is Cc1cc(C)n2ncc(-c3noc(-c4cccc(S(=O)(=O)N5c6ccccc6CC5C)c4)n3)c2n1. The van der Waals surface area contributed by atoms with E-state index < -0.39 is 10.0 Å². The molecule has 35 heavy (non-hydrogen) atoms. The lowest BCUT2D eigenvalue weighted by Crippen LogP contribution is -2.35. The van der Waals surface area contributed by atoms with Gasteiger partial charge in [-0.3, -0.25) is 4.31 Å². The normalized spacial score (nSPS) is 15.6. The molecule has 0 saturated heterocycles. The minimum absolute atomic E-state index is 0.169. The van der Waals surface area contributed by atoms with Gasteiger partial charge in [-0.05, 0) is 63.1 Å². The van der Waals surface area contributed by atoms with Crippen LogP contribution in [0.4, 0.5) is 5.69 Å².